The van der Waals surface area contributed by atoms with Crippen LogP contribution >= 0.6 is 24.0 Å². The van der Waals surface area contributed by atoms with Crippen molar-refractivity contribution in [3.63, 3.8) is 0 Å². The van der Waals surface area contributed by atoms with E-state index in [9.17, 15) is 13.6 Å². The van der Waals surface area contributed by atoms with E-state index in [0.29, 0.717) is 25.6 Å². The first-order chi connectivity index (χ1) is 9.02. The van der Waals surface area contributed by atoms with Gasteiger partial charge in [-0.05, 0) is 37.4 Å². The highest BCUT2D eigenvalue weighted by Gasteiger charge is 2.25. The summed E-state index contributed by atoms with van der Waals surface area (Å²) < 4.78 is 26.1. The van der Waals surface area contributed by atoms with Gasteiger partial charge < -0.3 is 10.6 Å². The topological polar surface area (TPSA) is 46.3 Å². The lowest BCUT2D eigenvalue weighted by Crippen LogP contribution is -2.40. The molecule has 0 aliphatic carbocycles. The van der Waals surface area contributed by atoms with Gasteiger partial charge in [0.1, 0.15) is 0 Å². The van der Waals surface area contributed by atoms with Gasteiger partial charge in [-0.25, -0.2) is 8.78 Å². The van der Waals surface area contributed by atoms with E-state index in [0.717, 1.165) is 25.0 Å². The van der Waals surface area contributed by atoms with Gasteiger partial charge in [-0.1, -0.05) is 11.6 Å². The van der Waals surface area contributed by atoms with Crippen LogP contribution in [0.5, 0.6) is 0 Å². The fourth-order valence-corrected chi connectivity index (χ4v) is 2.46. The molecule has 0 bridgehead atoms. The molecule has 0 saturated carbocycles. The SMILES string of the molecule is Cl.NCC1CCN(C(=O)c2cc(F)c(F)cc2Cl)CC1. The first kappa shape index (κ1) is 17.1. The molecule has 1 amide bonds. The largest absolute Gasteiger partial charge is 0.339 e. The minimum atomic E-state index is -1.07. The van der Waals surface area contributed by atoms with Crippen LogP contribution in [-0.4, -0.2) is 30.4 Å². The Bertz CT molecular complexity index is 492. The minimum absolute atomic E-state index is 0. The summed E-state index contributed by atoms with van der Waals surface area (Å²) in [4.78, 5) is 13.8. The quantitative estimate of drug-likeness (QED) is 0.850. The van der Waals surface area contributed by atoms with Crippen LogP contribution in [-0.2, 0) is 0 Å². The van der Waals surface area contributed by atoms with Gasteiger partial charge >= 0.3 is 0 Å². The van der Waals surface area contributed by atoms with Crippen LogP contribution in [0.4, 0.5) is 8.78 Å². The maximum Gasteiger partial charge on any atom is 0.255 e. The molecule has 0 radical (unpaired) electrons. The maximum atomic E-state index is 13.2. The van der Waals surface area contributed by atoms with Gasteiger partial charge in [-0.3, -0.25) is 4.79 Å². The average molecular weight is 325 g/mol. The van der Waals surface area contributed by atoms with E-state index < -0.39 is 11.6 Å². The van der Waals surface area contributed by atoms with E-state index in [1.54, 1.807) is 4.90 Å². The number of nitrogens with zero attached hydrogens (tertiary/aromatic N) is 1. The Morgan fingerprint density at radius 3 is 2.40 bits per heavy atom. The van der Waals surface area contributed by atoms with Crippen molar-refractivity contribution in [2.75, 3.05) is 19.6 Å². The first-order valence-corrected chi connectivity index (χ1v) is 6.54. The van der Waals surface area contributed by atoms with Gasteiger partial charge in [-0.2, -0.15) is 0 Å². The van der Waals surface area contributed by atoms with Crippen LogP contribution in [0.1, 0.15) is 23.2 Å². The molecule has 1 heterocycles. The molecule has 1 aliphatic rings. The smallest absolute Gasteiger partial charge is 0.255 e. The number of benzene rings is 1. The predicted octanol–water partition coefficient (Wildman–Crippen LogP) is 2.85. The second-order valence-corrected chi connectivity index (χ2v) is 5.12. The van der Waals surface area contributed by atoms with Crippen LogP contribution in [0.2, 0.25) is 5.02 Å². The predicted molar refractivity (Wildman–Crippen MR) is 76.3 cm³/mol. The van der Waals surface area contributed by atoms with Gasteiger partial charge in [0, 0.05) is 13.1 Å². The van der Waals surface area contributed by atoms with Crippen LogP contribution in [0.15, 0.2) is 12.1 Å². The Hall–Kier alpha value is -0.910. The number of amides is 1. The zero-order chi connectivity index (χ0) is 14.0. The number of hydrogen-bond acceptors (Lipinski definition) is 2. The van der Waals surface area contributed by atoms with Gasteiger partial charge in [0.05, 0.1) is 10.6 Å². The van der Waals surface area contributed by atoms with E-state index in [-0.39, 0.29) is 28.9 Å². The van der Waals surface area contributed by atoms with Crippen LogP contribution in [0, 0.1) is 17.6 Å². The molecule has 2 rings (SSSR count). The highest BCUT2D eigenvalue weighted by atomic mass is 35.5. The molecule has 1 aliphatic heterocycles. The Labute approximate surface area is 127 Å². The molecule has 20 heavy (non-hydrogen) atoms. The molecule has 2 N–H and O–H groups in total. The third kappa shape index (κ3) is 3.59. The summed E-state index contributed by atoms with van der Waals surface area (Å²) in [5, 5.41) is -0.0650. The lowest BCUT2D eigenvalue weighted by Gasteiger charge is -2.31. The number of halogens is 4. The normalized spacial score (nSPS) is 15.9. The minimum Gasteiger partial charge on any atom is -0.339 e. The second-order valence-electron chi connectivity index (χ2n) is 4.72. The van der Waals surface area contributed by atoms with E-state index in [4.69, 9.17) is 17.3 Å². The molecule has 1 saturated heterocycles. The number of nitrogens with two attached hydrogens (primary N) is 1. The highest BCUT2D eigenvalue weighted by molar-refractivity contribution is 6.33. The number of hydrogen-bond donors (Lipinski definition) is 1. The summed E-state index contributed by atoms with van der Waals surface area (Å²) in [6.07, 6.45) is 1.65. The standard InChI is InChI=1S/C13H15ClF2N2O.ClH/c14-10-6-12(16)11(15)5-9(10)13(19)18-3-1-8(7-17)2-4-18;/h5-6,8H,1-4,7,17H2;1H. The van der Waals surface area contributed by atoms with Crippen LogP contribution in [0.3, 0.4) is 0 Å². The number of carbonyl (C=O) groups excluding carboxylic acids is 1. The van der Waals surface area contributed by atoms with Crippen LogP contribution in [0.25, 0.3) is 0 Å². The first-order valence-electron chi connectivity index (χ1n) is 6.16. The third-order valence-electron chi connectivity index (χ3n) is 3.48. The summed E-state index contributed by atoms with van der Waals surface area (Å²) in [5.41, 5.74) is 5.59. The summed E-state index contributed by atoms with van der Waals surface area (Å²) in [6.45, 7) is 1.74. The fourth-order valence-electron chi connectivity index (χ4n) is 2.23. The zero-order valence-corrected chi connectivity index (χ0v) is 12.3. The third-order valence-corrected chi connectivity index (χ3v) is 3.79. The van der Waals surface area contributed by atoms with Crippen molar-refractivity contribution < 1.29 is 13.6 Å². The average Bonchev–Trinajstić information content (AvgIpc) is 2.42. The second kappa shape index (κ2) is 7.20. The molecular weight excluding hydrogens is 309 g/mol. The fraction of sp³-hybridized carbons (Fsp3) is 0.462. The van der Waals surface area contributed by atoms with E-state index in [1.165, 1.54) is 0 Å². The van der Waals surface area contributed by atoms with Gasteiger partial charge in [-0.15, -0.1) is 12.4 Å². The number of rotatable bonds is 2. The monoisotopic (exact) mass is 324 g/mol. The summed E-state index contributed by atoms with van der Waals surface area (Å²) in [7, 11) is 0. The molecule has 1 fully saturated rings. The lowest BCUT2D eigenvalue weighted by molar-refractivity contribution is 0.0693. The molecule has 0 spiro atoms. The van der Waals surface area contributed by atoms with Crippen molar-refractivity contribution in [2.45, 2.75) is 12.8 Å². The zero-order valence-electron chi connectivity index (χ0n) is 10.7. The molecule has 1 aromatic carbocycles. The molecule has 112 valence electrons. The van der Waals surface area contributed by atoms with Crippen LogP contribution < -0.4 is 5.73 Å². The molecule has 0 atom stereocenters. The molecular formula is C13H16Cl2F2N2O. The van der Waals surface area contributed by atoms with Crippen molar-refractivity contribution in [3.8, 4) is 0 Å². The number of likely N-dealkylation sites (tertiary alicyclic amines) is 1. The molecule has 3 nitrogen and oxygen atoms in total. The van der Waals surface area contributed by atoms with Crippen molar-refractivity contribution in [1.29, 1.82) is 0 Å². The summed E-state index contributed by atoms with van der Waals surface area (Å²) in [5.74, 6) is -2.06. The van der Waals surface area contributed by atoms with Crippen molar-refractivity contribution in [3.05, 3.63) is 34.4 Å². The summed E-state index contributed by atoms with van der Waals surface area (Å²) in [6, 6.07) is 1.69. The Morgan fingerprint density at radius 2 is 1.85 bits per heavy atom. The maximum absolute atomic E-state index is 13.2. The van der Waals surface area contributed by atoms with E-state index >= 15 is 0 Å². The van der Waals surface area contributed by atoms with E-state index in [1.807, 2.05) is 0 Å². The van der Waals surface area contributed by atoms with Gasteiger partial charge in [0.15, 0.2) is 11.6 Å². The molecule has 0 aromatic heterocycles. The summed E-state index contributed by atoms with van der Waals surface area (Å²) >= 11 is 5.80. The Kier molecular flexibility index (Phi) is 6.17. The highest BCUT2D eigenvalue weighted by Crippen LogP contribution is 2.24. The molecule has 7 heteroatoms. The van der Waals surface area contributed by atoms with E-state index in [2.05, 4.69) is 0 Å². The van der Waals surface area contributed by atoms with Gasteiger partial charge in [0.25, 0.3) is 5.91 Å². The van der Waals surface area contributed by atoms with Crippen molar-refractivity contribution in [2.24, 2.45) is 11.7 Å². The van der Waals surface area contributed by atoms with Crippen molar-refractivity contribution >= 4 is 29.9 Å². The molecule has 0 unspecified atom stereocenters. The Morgan fingerprint density at radius 1 is 1.30 bits per heavy atom. The Balaban J connectivity index is 0.00000200. The molecule has 1 aromatic rings. The number of piperidine rings is 1. The number of carbonyl (C=O) groups is 1. The van der Waals surface area contributed by atoms with Gasteiger partial charge in [0.2, 0.25) is 0 Å². The lowest BCUT2D eigenvalue weighted by atomic mass is 9.96. The van der Waals surface area contributed by atoms with Crippen molar-refractivity contribution in [1.82, 2.24) is 4.90 Å².